The minimum atomic E-state index is -0.593. The lowest BCUT2D eigenvalue weighted by Gasteiger charge is -2.21. The predicted molar refractivity (Wildman–Crippen MR) is 93.0 cm³/mol. The Bertz CT molecular complexity index is 680. The van der Waals surface area contributed by atoms with Crippen LogP contribution in [-0.2, 0) is 17.8 Å². The zero-order chi connectivity index (χ0) is 17.7. The first kappa shape index (κ1) is 18.1. The van der Waals surface area contributed by atoms with Crippen molar-refractivity contribution in [1.82, 2.24) is 25.2 Å². The van der Waals surface area contributed by atoms with Crippen LogP contribution in [0.15, 0.2) is 17.9 Å². The van der Waals surface area contributed by atoms with Gasteiger partial charge in [0.1, 0.15) is 0 Å². The van der Waals surface area contributed by atoms with Gasteiger partial charge in [0.25, 0.3) is 0 Å². The quantitative estimate of drug-likeness (QED) is 0.802. The second kappa shape index (κ2) is 8.05. The molecule has 8 heteroatoms. The van der Waals surface area contributed by atoms with Gasteiger partial charge >= 0.3 is 6.03 Å². The van der Waals surface area contributed by atoms with Gasteiger partial charge in [-0.25, -0.2) is 14.8 Å². The molecule has 0 aliphatic carbocycles. The van der Waals surface area contributed by atoms with Gasteiger partial charge in [-0.05, 0) is 6.92 Å². The number of hydrogen-bond donors (Lipinski definition) is 2. The topological polar surface area (TPSA) is 91.0 Å². The third kappa shape index (κ3) is 4.89. The number of carbonyl (C=O) groups excluding carboxylic acids is 2. The fourth-order valence-electron chi connectivity index (χ4n) is 2.14. The van der Waals surface area contributed by atoms with Crippen molar-refractivity contribution >= 4 is 23.2 Å². The summed E-state index contributed by atoms with van der Waals surface area (Å²) in [4.78, 5) is 37.1. The van der Waals surface area contributed by atoms with Crippen molar-refractivity contribution < 1.29 is 9.59 Å². The summed E-state index contributed by atoms with van der Waals surface area (Å²) in [6, 6.07) is -0.894. The van der Waals surface area contributed by atoms with E-state index in [1.807, 2.05) is 5.38 Å². The van der Waals surface area contributed by atoms with E-state index in [-0.39, 0.29) is 11.8 Å². The summed E-state index contributed by atoms with van der Waals surface area (Å²) >= 11 is 1.60. The Balaban J connectivity index is 1.94. The van der Waals surface area contributed by atoms with E-state index >= 15 is 0 Å². The molecule has 0 saturated heterocycles. The number of thiazole rings is 1. The molecule has 0 saturated carbocycles. The molecule has 2 amide bonds. The number of H-pyrrole nitrogens is 1. The van der Waals surface area contributed by atoms with Crippen LogP contribution in [0.1, 0.15) is 43.1 Å². The fraction of sp³-hybridized carbons (Fsp3) is 0.500. The third-order valence-electron chi connectivity index (χ3n) is 3.57. The summed E-state index contributed by atoms with van der Waals surface area (Å²) in [6.45, 7) is 6.05. The Morgan fingerprint density at radius 1 is 1.38 bits per heavy atom. The average Bonchev–Trinajstić information content (AvgIpc) is 3.17. The lowest BCUT2D eigenvalue weighted by atomic mass is 10.1. The summed E-state index contributed by atoms with van der Waals surface area (Å²) in [7, 11) is 1.69. The molecule has 2 rings (SSSR count). The van der Waals surface area contributed by atoms with Crippen molar-refractivity contribution in [3.05, 3.63) is 34.3 Å². The van der Waals surface area contributed by atoms with Crippen LogP contribution >= 0.6 is 11.3 Å². The molecule has 24 heavy (non-hydrogen) atoms. The van der Waals surface area contributed by atoms with Crippen molar-refractivity contribution in [3.8, 4) is 0 Å². The second-order valence-electron chi connectivity index (χ2n) is 6.07. The van der Waals surface area contributed by atoms with Crippen molar-refractivity contribution in [2.24, 2.45) is 0 Å². The molecule has 7 nitrogen and oxygen atoms in total. The van der Waals surface area contributed by atoms with Crippen molar-refractivity contribution in [3.63, 3.8) is 0 Å². The maximum absolute atomic E-state index is 12.3. The van der Waals surface area contributed by atoms with Crippen LogP contribution in [0.4, 0.5) is 4.79 Å². The van der Waals surface area contributed by atoms with Crippen LogP contribution in [0.25, 0.3) is 0 Å². The summed E-state index contributed by atoms with van der Waals surface area (Å²) in [6.07, 6.45) is 3.64. The third-order valence-corrected chi connectivity index (χ3v) is 4.76. The summed E-state index contributed by atoms with van der Waals surface area (Å²) in [5, 5.41) is 5.78. The van der Waals surface area contributed by atoms with Gasteiger partial charge < -0.3 is 15.2 Å². The molecule has 0 radical (unpaired) electrons. The number of carbonyl (C=O) groups is 2. The number of aromatic nitrogens is 3. The van der Waals surface area contributed by atoms with E-state index in [9.17, 15) is 9.59 Å². The summed E-state index contributed by atoms with van der Waals surface area (Å²) < 4.78 is 0. The van der Waals surface area contributed by atoms with E-state index in [1.165, 1.54) is 11.8 Å². The standard InChI is InChI=1S/C16H23N5O2S/c1-10(2)15-19-13(8-24-15)7-21(4)16(23)20-14(11(3)22)5-12-6-17-9-18-12/h6,8-10,14H,5,7H2,1-4H3,(H,17,18)(H,20,23). The number of aromatic amines is 1. The van der Waals surface area contributed by atoms with Gasteiger partial charge in [0.2, 0.25) is 0 Å². The molecular weight excluding hydrogens is 326 g/mol. The van der Waals surface area contributed by atoms with Gasteiger partial charge in [0.05, 0.1) is 35.3 Å². The van der Waals surface area contributed by atoms with Crippen molar-refractivity contribution in [1.29, 1.82) is 0 Å². The predicted octanol–water partition coefficient (Wildman–Crippen LogP) is 2.33. The van der Waals surface area contributed by atoms with Gasteiger partial charge in [-0.1, -0.05) is 13.8 Å². The molecule has 2 aromatic heterocycles. The van der Waals surface area contributed by atoms with Crippen LogP contribution in [0.5, 0.6) is 0 Å². The van der Waals surface area contributed by atoms with E-state index in [0.717, 1.165) is 16.4 Å². The van der Waals surface area contributed by atoms with Crippen LogP contribution < -0.4 is 5.32 Å². The lowest BCUT2D eigenvalue weighted by molar-refractivity contribution is -0.118. The Morgan fingerprint density at radius 3 is 2.67 bits per heavy atom. The summed E-state index contributed by atoms with van der Waals surface area (Å²) in [5.74, 6) is 0.273. The number of amides is 2. The first-order valence-electron chi connectivity index (χ1n) is 7.80. The molecule has 0 fully saturated rings. The number of ketones is 1. The molecule has 1 unspecified atom stereocenters. The number of imidazole rings is 1. The molecule has 0 aliphatic heterocycles. The van der Waals surface area contributed by atoms with Crippen molar-refractivity contribution in [2.75, 3.05) is 7.05 Å². The minimum Gasteiger partial charge on any atom is -0.351 e. The molecule has 1 atom stereocenters. The Hall–Kier alpha value is -2.22. The molecular formula is C16H23N5O2S. The van der Waals surface area contributed by atoms with Gasteiger partial charge in [0, 0.05) is 31.0 Å². The molecule has 2 N–H and O–H groups in total. The van der Waals surface area contributed by atoms with Gasteiger partial charge in [-0.15, -0.1) is 11.3 Å². The zero-order valence-electron chi connectivity index (χ0n) is 14.4. The highest BCUT2D eigenvalue weighted by molar-refractivity contribution is 7.09. The molecule has 0 spiro atoms. The highest BCUT2D eigenvalue weighted by Gasteiger charge is 2.21. The number of Topliss-reactive ketones (excluding diaryl/α,β-unsaturated/α-hetero) is 1. The monoisotopic (exact) mass is 349 g/mol. The largest absolute Gasteiger partial charge is 0.351 e. The van der Waals surface area contributed by atoms with E-state index in [0.29, 0.717) is 18.9 Å². The van der Waals surface area contributed by atoms with Gasteiger partial charge in [-0.2, -0.15) is 0 Å². The van der Waals surface area contributed by atoms with Crippen molar-refractivity contribution in [2.45, 2.75) is 45.7 Å². The Morgan fingerprint density at radius 2 is 2.12 bits per heavy atom. The first-order chi connectivity index (χ1) is 11.4. The molecule has 2 heterocycles. The molecule has 0 bridgehead atoms. The minimum absolute atomic E-state index is 0.101. The number of nitrogens with zero attached hydrogens (tertiary/aromatic N) is 3. The zero-order valence-corrected chi connectivity index (χ0v) is 15.2. The SMILES string of the molecule is CC(=O)C(Cc1c[nH]cn1)NC(=O)N(C)Cc1csc(C(C)C)n1. The highest BCUT2D eigenvalue weighted by atomic mass is 32.1. The Kier molecular flexibility index (Phi) is 6.08. The fourth-order valence-corrected chi connectivity index (χ4v) is 2.97. The highest BCUT2D eigenvalue weighted by Crippen LogP contribution is 2.19. The number of nitrogens with one attached hydrogen (secondary N) is 2. The van der Waals surface area contributed by atoms with Crippen LogP contribution in [0.2, 0.25) is 0 Å². The van der Waals surface area contributed by atoms with E-state index in [4.69, 9.17) is 0 Å². The molecule has 130 valence electrons. The van der Waals surface area contributed by atoms with Crippen LogP contribution in [0, 0.1) is 0 Å². The summed E-state index contributed by atoms with van der Waals surface area (Å²) in [5.41, 5.74) is 1.59. The lowest BCUT2D eigenvalue weighted by Crippen LogP contribution is -2.46. The number of urea groups is 1. The molecule has 0 aromatic carbocycles. The van der Waals surface area contributed by atoms with Gasteiger partial charge in [-0.3, -0.25) is 4.79 Å². The molecule has 2 aromatic rings. The van der Waals surface area contributed by atoms with Gasteiger partial charge in [0.15, 0.2) is 5.78 Å². The Labute approximate surface area is 145 Å². The van der Waals surface area contributed by atoms with Crippen LogP contribution in [0.3, 0.4) is 0 Å². The van der Waals surface area contributed by atoms with E-state index < -0.39 is 6.04 Å². The smallest absolute Gasteiger partial charge is 0.318 e. The van der Waals surface area contributed by atoms with E-state index in [2.05, 4.69) is 34.1 Å². The van der Waals surface area contributed by atoms with Crippen LogP contribution in [-0.4, -0.2) is 44.8 Å². The molecule has 0 aliphatic rings. The average molecular weight is 349 g/mol. The maximum atomic E-state index is 12.3. The normalized spacial score (nSPS) is 12.2. The number of rotatable bonds is 7. The first-order valence-corrected chi connectivity index (χ1v) is 8.68. The van der Waals surface area contributed by atoms with E-state index in [1.54, 1.807) is 30.9 Å². The second-order valence-corrected chi connectivity index (χ2v) is 6.95. The number of hydrogen-bond acceptors (Lipinski definition) is 5. The maximum Gasteiger partial charge on any atom is 0.318 e.